The highest BCUT2D eigenvalue weighted by molar-refractivity contribution is 9.10. The van der Waals surface area contributed by atoms with E-state index in [1.54, 1.807) is 0 Å². The Bertz CT molecular complexity index is 525. The van der Waals surface area contributed by atoms with Gasteiger partial charge in [-0.05, 0) is 15.9 Å². The van der Waals surface area contributed by atoms with E-state index in [0.29, 0.717) is 6.07 Å². The molecule has 1 heterocycles. The van der Waals surface area contributed by atoms with Crippen LogP contribution in [0.1, 0.15) is 0 Å². The van der Waals surface area contributed by atoms with Crippen LogP contribution in [0.4, 0.5) is 18.9 Å². The maximum Gasteiger partial charge on any atom is 0.574 e. The van der Waals surface area contributed by atoms with Gasteiger partial charge in [-0.3, -0.25) is 0 Å². The normalized spacial score (nSPS) is 12.5. The van der Waals surface area contributed by atoms with Crippen molar-refractivity contribution >= 4 is 41.4 Å². The van der Waals surface area contributed by atoms with Gasteiger partial charge in [0.15, 0.2) is 0 Å². The molecule has 0 saturated heterocycles. The molecule has 17 heavy (non-hydrogen) atoms. The summed E-state index contributed by atoms with van der Waals surface area (Å²) in [6.45, 7) is 0. The molecule has 0 radical (unpaired) electrons. The molecule has 0 atom stereocenters. The van der Waals surface area contributed by atoms with E-state index < -0.39 is 36.5 Å². The second-order valence-electron chi connectivity index (χ2n) is 2.66. The largest absolute Gasteiger partial charge is 0.574 e. The zero-order chi connectivity index (χ0) is 13.4. The summed E-state index contributed by atoms with van der Waals surface area (Å²) in [5, 5.41) is 0. The predicted octanol–water partition coefficient (Wildman–Crippen LogP) is 2.25. The molecular weight excluding hydrogens is 352 g/mol. The first-order valence-corrected chi connectivity index (χ1v) is 6.77. The third-order valence-corrected chi connectivity index (χ3v) is 3.62. The van der Waals surface area contributed by atoms with E-state index >= 15 is 0 Å². The number of nitrogens with two attached hydrogens (primary N) is 1. The third-order valence-electron chi connectivity index (χ3n) is 1.40. The fourth-order valence-corrected chi connectivity index (χ4v) is 3.31. The number of aromatic nitrogens is 1. The van der Waals surface area contributed by atoms with Crippen LogP contribution in [0, 0.1) is 0 Å². The average Bonchev–Trinajstić information content (AvgIpc) is 1.94. The lowest BCUT2D eigenvalue weighted by atomic mass is 10.4. The van der Waals surface area contributed by atoms with Gasteiger partial charge in [-0.25, -0.2) is 13.4 Å². The number of alkyl halides is 3. The van der Waals surface area contributed by atoms with Gasteiger partial charge >= 0.3 is 6.36 Å². The number of halogens is 5. The number of rotatable bonds is 2. The molecule has 1 aromatic heterocycles. The van der Waals surface area contributed by atoms with Crippen LogP contribution in [0.15, 0.2) is 15.6 Å². The first kappa shape index (κ1) is 14.3. The summed E-state index contributed by atoms with van der Waals surface area (Å²) in [5.41, 5.74) is 4.73. The van der Waals surface area contributed by atoms with Crippen molar-refractivity contribution in [3.8, 4) is 5.88 Å². The molecular formula is C6H3BrClF3N2O3S. The number of nitrogen functional groups attached to an aromatic ring is 1. The van der Waals surface area contributed by atoms with Gasteiger partial charge in [0.1, 0.15) is 9.50 Å². The lowest BCUT2D eigenvalue weighted by Gasteiger charge is -2.10. The first-order valence-electron chi connectivity index (χ1n) is 3.67. The van der Waals surface area contributed by atoms with Crippen LogP contribution in [0.3, 0.4) is 0 Å². The Morgan fingerprint density at radius 3 is 2.35 bits per heavy atom. The van der Waals surface area contributed by atoms with Crippen molar-refractivity contribution in [1.29, 1.82) is 0 Å². The van der Waals surface area contributed by atoms with E-state index in [1.165, 1.54) is 0 Å². The molecule has 11 heteroatoms. The van der Waals surface area contributed by atoms with Crippen molar-refractivity contribution in [2.75, 3.05) is 5.73 Å². The zero-order valence-corrected chi connectivity index (χ0v) is 10.8. The number of pyridine rings is 1. The molecule has 1 rings (SSSR count). The number of anilines is 1. The fourth-order valence-electron chi connectivity index (χ4n) is 0.910. The van der Waals surface area contributed by atoms with Gasteiger partial charge in [-0.15, -0.1) is 13.2 Å². The highest BCUT2D eigenvalue weighted by atomic mass is 79.9. The monoisotopic (exact) mass is 354 g/mol. The van der Waals surface area contributed by atoms with Gasteiger partial charge in [0.2, 0.25) is 5.88 Å². The molecule has 0 fully saturated rings. The second-order valence-corrected chi connectivity index (χ2v) is 5.91. The molecule has 0 aliphatic heterocycles. The Balaban J connectivity index is 3.29. The summed E-state index contributed by atoms with van der Waals surface area (Å²) < 4.78 is 60.7. The van der Waals surface area contributed by atoms with Crippen molar-refractivity contribution in [3.05, 3.63) is 10.7 Å². The highest BCUT2D eigenvalue weighted by Gasteiger charge is 2.33. The quantitative estimate of drug-likeness (QED) is 0.650. The fraction of sp³-hybridized carbons (Fsp3) is 0.167. The van der Waals surface area contributed by atoms with Gasteiger partial charge in [0, 0.05) is 16.7 Å². The van der Waals surface area contributed by atoms with E-state index in [9.17, 15) is 21.6 Å². The van der Waals surface area contributed by atoms with Crippen molar-refractivity contribution in [2.45, 2.75) is 11.3 Å². The molecule has 2 N–H and O–H groups in total. The smallest absolute Gasteiger partial charge is 0.397 e. The summed E-state index contributed by atoms with van der Waals surface area (Å²) >= 11 is 2.64. The van der Waals surface area contributed by atoms with E-state index in [-0.39, 0.29) is 0 Å². The molecule has 0 aliphatic carbocycles. The number of nitrogens with zero attached hydrogens (tertiary/aromatic N) is 1. The molecule has 0 saturated carbocycles. The highest BCUT2D eigenvalue weighted by Crippen LogP contribution is 2.33. The Labute approximate surface area is 106 Å². The van der Waals surface area contributed by atoms with Crippen molar-refractivity contribution in [1.82, 2.24) is 4.98 Å². The summed E-state index contributed by atoms with van der Waals surface area (Å²) in [5.74, 6) is -0.897. The van der Waals surface area contributed by atoms with E-state index in [1.807, 2.05) is 0 Å². The average molecular weight is 356 g/mol. The Hall–Kier alpha value is -0.740. The molecule has 0 aromatic carbocycles. The lowest BCUT2D eigenvalue weighted by Crippen LogP contribution is -2.18. The summed E-state index contributed by atoms with van der Waals surface area (Å²) in [6, 6.07) is 0.605. The maximum absolute atomic E-state index is 11.9. The van der Waals surface area contributed by atoms with Crippen molar-refractivity contribution < 1.29 is 26.3 Å². The number of ether oxygens (including phenoxy) is 1. The summed E-state index contributed by atoms with van der Waals surface area (Å²) in [6.07, 6.45) is -4.96. The van der Waals surface area contributed by atoms with Gasteiger partial charge in [-0.2, -0.15) is 0 Å². The minimum Gasteiger partial charge on any atom is -0.397 e. The van der Waals surface area contributed by atoms with Crippen LogP contribution >= 0.6 is 26.6 Å². The molecule has 0 amide bonds. The summed E-state index contributed by atoms with van der Waals surface area (Å²) in [7, 11) is 0.790. The molecule has 0 spiro atoms. The lowest BCUT2D eigenvalue weighted by molar-refractivity contribution is -0.276. The minimum atomic E-state index is -4.96. The van der Waals surface area contributed by atoms with Crippen molar-refractivity contribution in [2.24, 2.45) is 0 Å². The molecule has 0 aliphatic rings. The molecule has 1 aromatic rings. The number of hydrogen-bond acceptors (Lipinski definition) is 5. The van der Waals surface area contributed by atoms with E-state index in [4.69, 9.17) is 16.4 Å². The van der Waals surface area contributed by atoms with E-state index in [2.05, 4.69) is 25.7 Å². The standard InChI is InChI=1S/C6H3BrClF3N2O3S/c7-5-4(17(8,14)15)2(12)1-3(13-5)16-6(9,10)11/h1H,(H2,12,13). The Morgan fingerprint density at radius 2 is 2.00 bits per heavy atom. The predicted molar refractivity (Wildman–Crippen MR) is 56.1 cm³/mol. The number of hydrogen-bond donors (Lipinski definition) is 1. The first-order chi connectivity index (χ1) is 7.50. The molecule has 0 bridgehead atoms. The minimum absolute atomic E-state index is 0.466. The van der Waals surface area contributed by atoms with E-state index in [0.717, 1.165) is 0 Å². The van der Waals surface area contributed by atoms with Crippen LogP contribution in [0.2, 0.25) is 0 Å². The van der Waals surface area contributed by atoms with Crippen LogP contribution in [-0.2, 0) is 9.05 Å². The summed E-state index contributed by atoms with van der Waals surface area (Å²) in [4.78, 5) is 2.60. The second kappa shape index (κ2) is 4.50. The molecule has 96 valence electrons. The Morgan fingerprint density at radius 1 is 1.47 bits per heavy atom. The van der Waals surface area contributed by atoms with Gasteiger partial charge in [-0.1, -0.05) is 0 Å². The topological polar surface area (TPSA) is 82.3 Å². The van der Waals surface area contributed by atoms with Crippen molar-refractivity contribution in [3.63, 3.8) is 0 Å². The third kappa shape index (κ3) is 3.89. The molecule has 5 nitrogen and oxygen atoms in total. The van der Waals surface area contributed by atoms with Crippen LogP contribution < -0.4 is 10.5 Å². The van der Waals surface area contributed by atoms with Gasteiger partial charge < -0.3 is 10.5 Å². The Kier molecular flexibility index (Phi) is 3.79. The van der Waals surface area contributed by atoms with Gasteiger partial charge in [0.25, 0.3) is 9.05 Å². The SMILES string of the molecule is Nc1cc(OC(F)(F)F)nc(Br)c1S(=O)(=O)Cl. The maximum atomic E-state index is 11.9. The van der Waals surface area contributed by atoms with Crippen LogP contribution in [0.5, 0.6) is 5.88 Å². The van der Waals surface area contributed by atoms with Crippen LogP contribution in [0.25, 0.3) is 0 Å². The zero-order valence-electron chi connectivity index (χ0n) is 7.62. The van der Waals surface area contributed by atoms with Crippen LogP contribution in [-0.4, -0.2) is 19.8 Å². The van der Waals surface area contributed by atoms with Gasteiger partial charge in [0.05, 0.1) is 5.69 Å². The molecule has 0 unspecified atom stereocenters.